The number of carbonyl (C=O) groups excluding carboxylic acids is 1. The highest BCUT2D eigenvalue weighted by atomic mass is 35.5. The number of hydrogen-bond acceptors (Lipinski definition) is 5. The number of likely N-dealkylation sites (tertiary alicyclic amines) is 1. The van der Waals surface area contributed by atoms with Crippen molar-refractivity contribution in [2.75, 3.05) is 44.9 Å². The smallest absolute Gasteiger partial charge is 0.239 e. The third kappa shape index (κ3) is 5.10. The molecule has 1 saturated heterocycles. The predicted molar refractivity (Wildman–Crippen MR) is 105 cm³/mol. The summed E-state index contributed by atoms with van der Waals surface area (Å²) in [6.07, 6.45) is 2.85. The van der Waals surface area contributed by atoms with Crippen LogP contribution in [0, 0.1) is 5.92 Å². The number of anilines is 1. The number of ether oxygens (including phenoxy) is 1. The Bertz CT molecular complexity index is 675. The first-order chi connectivity index (χ1) is 12.5. The highest BCUT2D eigenvalue weighted by Gasteiger charge is 2.23. The molecule has 0 aromatic heterocycles. The highest BCUT2D eigenvalue weighted by molar-refractivity contribution is 6.42. The van der Waals surface area contributed by atoms with Crippen molar-refractivity contribution in [3.63, 3.8) is 0 Å². The van der Waals surface area contributed by atoms with E-state index in [1.807, 2.05) is 11.1 Å². The number of amidine groups is 1. The molecule has 0 unspecified atom stereocenters. The average Bonchev–Trinajstić information content (AvgIpc) is 3.07. The third-order valence-electron chi connectivity index (χ3n) is 4.76. The number of methoxy groups -OCH3 is 1. The summed E-state index contributed by atoms with van der Waals surface area (Å²) < 4.78 is 5.21. The van der Waals surface area contributed by atoms with E-state index in [1.54, 1.807) is 19.2 Å². The Morgan fingerprint density at radius 2 is 2.04 bits per heavy atom. The second-order valence-corrected chi connectivity index (χ2v) is 7.56. The fraction of sp³-hybridized carbons (Fsp3) is 0.556. The molecule has 0 aliphatic carbocycles. The maximum absolute atomic E-state index is 12.3. The minimum atomic E-state index is -0.00932. The van der Waals surface area contributed by atoms with Crippen LogP contribution in [-0.4, -0.2) is 56.5 Å². The summed E-state index contributed by atoms with van der Waals surface area (Å²) in [5, 5.41) is 10.2. The van der Waals surface area contributed by atoms with Gasteiger partial charge in [0.1, 0.15) is 5.84 Å². The maximum Gasteiger partial charge on any atom is 0.239 e. The van der Waals surface area contributed by atoms with E-state index < -0.39 is 0 Å². The van der Waals surface area contributed by atoms with Crippen LogP contribution < -0.4 is 10.3 Å². The standard InChI is InChI=1S/C18H24Cl2N4O2/c1-26-12-13-4-7-23(8-5-13)11-18(25)21-17-6-9-24(22-17)14-2-3-15(19)16(20)10-14/h2-3,10,13H,4-9,11-12H2,1H3,(H,21,22,25). The second-order valence-electron chi connectivity index (χ2n) is 6.74. The zero-order valence-electron chi connectivity index (χ0n) is 14.9. The van der Waals surface area contributed by atoms with Gasteiger partial charge in [-0.3, -0.25) is 14.7 Å². The average molecular weight is 399 g/mol. The van der Waals surface area contributed by atoms with Crippen molar-refractivity contribution < 1.29 is 9.53 Å². The number of hydrogen-bond donors (Lipinski definition) is 1. The van der Waals surface area contributed by atoms with Crippen LogP contribution in [0.15, 0.2) is 23.3 Å². The molecule has 0 spiro atoms. The molecule has 26 heavy (non-hydrogen) atoms. The summed E-state index contributed by atoms with van der Waals surface area (Å²) >= 11 is 12.0. The van der Waals surface area contributed by atoms with Crippen LogP contribution in [-0.2, 0) is 9.53 Å². The Morgan fingerprint density at radius 1 is 1.27 bits per heavy atom. The van der Waals surface area contributed by atoms with Crippen molar-refractivity contribution in [2.45, 2.75) is 19.3 Å². The molecule has 1 aromatic carbocycles. The van der Waals surface area contributed by atoms with Crippen molar-refractivity contribution in [1.29, 1.82) is 0 Å². The number of piperidine rings is 1. The summed E-state index contributed by atoms with van der Waals surface area (Å²) in [6, 6.07) is 5.40. The molecule has 1 aromatic rings. The van der Waals surface area contributed by atoms with Crippen molar-refractivity contribution in [1.82, 2.24) is 10.2 Å². The van der Waals surface area contributed by atoms with Crippen LogP contribution in [0.4, 0.5) is 5.69 Å². The van der Waals surface area contributed by atoms with Gasteiger partial charge in [-0.25, -0.2) is 0 Å². The normalized spacial score (nSPS) is 18.9. The Balaban J connectivity index is 1.48. The minimum Gasteiger partial charge on any atom is -0.384 e. The van der Waals surface area contributed by atoms with Crippen molar-refractivity contribution in [2.24, 2.45) is 11.0 Å². The fourth-order valence-electron chi connectivity index (χ4n) is 3.33. The van der Waals surface area contributed by atoms with E-state index in [0.717, 1.165) is 38.2 Å². The van der Waals surface area contributed by atoms with Gasteiger partial charge in [0.25, 0.3) is 0 Å². The van der Waals surface area contributed by atoms with E-state index in [0.29, 0.717) is 41.3 Å². The SMILES string of the molecule is COCC1CCN(CC(=O)NC2=NN(c3ccc(Cl)c(Cl)c3)CC2)CC1. The van der Waals surface area contributed by atoms with Gasteiger partial charge < -0.3 is 10.1 Å². The van der Waals surface area contributed by atoms with Gasteiger partial charge >= 0.3 is 0 Å². The van der Waals surface area contributed by atoms with Crippen molar-refractivity contribution >= 4 is 40.6 Å². The number of halogens is 2. The van der Waals surface area contributed by atoms with Gasteiger partial charge in [0.05, 0.1) is 22.3 Å². The molecule has 8 heteroatoms. The second kappa shape index (κ2) is 9.04. The molecule has 1 fully saturated rings. The molecule has 2 aliphatic rings. The van der Waals surface area contributed by atoms with Gasteiger partial charge in [0.15, 0.2) is 0 Å². The van der Waals surface area contributed by atoms with Crippen LogP contribution in [0.1, 0.15) is 19.3 Å². The van der Waals surface area contributed by atoms with Gasteiger partial charge in [0.2, 0.25) is 5.91 Å². The van der Waals surface area contributed by atoms with Crippen LogP contribution >= 0.6 is 23.2 Å². The Kier molecular flexibility index (Phi) is 6.75. The Hall–Kier alpha value is -1.34. The van der Waals surface area contributed by atoms with Crippen molar-refractivity contribution in [3.05, 3.63) is 28.2 Å². The number of nitrogens with one attached hydrogen (secondary N) is 1. The number of nitrogens with zero attached hydrogens (tertiary/aromatic N) is 3. The van der Waals surface area contributed by atoms with Gasteiger partial charge in [-0.2, -0.15) is 5.10 Å². The lowest BCUT2D eigenvalue weighted by molar-refractivity contribution is -0.121. The molecule has 2 heterocycles. The van der Waals surface area contributed by atoms with Crippen LogP contribution in [0.25, 0.3) is 0 Å². The molecule has 0 atom stereocenters. The number of rotatable bonds is 5. The highest BCUT2D eigenvalue weighted by Crippen LogP contribution is 2.28. The monoisotopic (exact) mass is 398 g/mol. The topological polar surface area (TPSA) is 57.2 Å². The summed E-state index contributed by atoms with van der Waals surface area (Å²) in [5.41, 5.74) is 0.865. The molecule has 2 aliphatic heterocycles. The van der Waals surface area contributed by atoms with E-state index in [2.05, 4.69) is 15.3 Å². The molecule has 1 amide bonds. The molecule has 0 bridgehead atoms. The van der Waals surface area contributed by atoms with Gasteiger partial charge in [-0.05, 0) is 50.0 Å². The van der Waals surface area contributed by atoms with E-state index in [1.165, 1.54) is 0 Å². The van der Waals surface area contributed by atoms with Crippen LogP contribution in [0.2, 0.25) is 10.0 Å². The maximum atomic E-state index is 12.3. The zero-order chi connectivity index (χ0) is 18.5. The lowest BCUT2D eigenvalue weighted by Crippen LogP contribution is -2.43. The molecular formula is C18H24Cl2N4O2. The predicted octanol–water partition coefficient (Wildman–Crippen LogP) is 2.99. The molecule has 1 N–H and O–H groups in total. The number of amides is 1. The fourth-order valence-corrected chi connectivity index (χ4v) is 3.62. The number of hydrazone groups is 1. The summed E-state index contributed by atoms with van der Waals surface area (Å²) in [7, 11) is 1.74. The van der Waals surface area contributed by atoms with Crippen LogP contribution in [0.3, 0.4) is 0 Å². The molecule has 0 saturated carbocycles. The van der Waals surface area contributed by atoms with E-state index in [4.69, 9.17) is 27.9 Å². The lowest BCUT2D eigenvalue weighted by Gasteiger charge is -2.30. The molecule has 142 valence electrons. The molecular weight excluding hydrogens is 375 g/mol. The van der Waals surface area contributed by atoms with E-state index in [-0.39, 0.29) is 5.91 Å². The van der Waals surface area contributed by atoms with Crippen molar-refractivity contribution in [3.8, 4) is 0 Å². The molecule has 3 rings (SSSR count). The van der Waals surface area contributed by atoms with Crippen LogP contribution in [0.5, 0.6) is 0 Å². The summed E-state index contributed by atoms with van der Waals surface area (Å²) in [6.45, 7) is 3.79. The third-order valence-corrected chi connectivity index (χ3v) is 5.50. The first kappa shape index (κ1) is 19.4. The van der Waals surface area contributed by atoms with Gasteiger partial charge in [-0.15, -0.1) is 0 Å². The minimum absolute atomic E-state index is 0.00932. The van der Waals surface area contributed by atoms with Gasteiger partial charge in [-0.1, -0.05) is 23.2 Å². The summed E-state index contributed by atoms with van der Waals surface area (Å²) in [4.78, 5) is 14.5. The lowest BCUT2D eigenvalue weighted by atomic mass is 9.98. The molecule has 6 nitrogen and oxygen atoms in total. The first-order valence-electron chi connectivity index (χ1n) is 8.86. The van der Waals surface area contributed by atoms with E-state index in [9.17, 15) is 4.79 Å². The summed E-state index contributed by atoms with van der Waals surface area (Å²) in [5.74, 6) is 1.29. The van der Waals surface area contributed by atoms with Gasteiger partial charge in [0, 0.05) is 26.7 Å². The van der Waals surface area contributed by atoms with E-state index >= 15 is 0 Å². The quantitative estimate of drug-likeness (QED) is 0.827. The Morgan fingerprint density at radius 3 is 2.73 bits per heavy atom. The number of benzene rings is 1. The first-order valence-corrected chi connectivity index (χ1v) is 9.62. The largest absolute Gasteiger partial charge is 0.384 e. The molecule has 0 radical (unpaired) electrons. The number of carbonyl (C=O) groups is 1. The Labute approximate surface area is 164 Å². The zero-order valence-corrected chi connectivity index (χ0v) is 16.4.